The largest absolute Gasteiger partial charge is 0.507 e. The molecule has 2 aromatic rings. The Labute approximate surface area is 176 Å². The van der Waals surface area contributed by atoms with E-state index in [2.05, 4.69) is 13.8 Å². The average molecular weight is 411 g/mol. The van der Waals surface area contributed by atoms with Crippen LogP contribution in [0.4, 0.5) is 4.39 Å². The fourth-order valence-electron chi connectivity index (χ4n) is 3.88. The standard InChI is InChI=1S/C24H27FN2O3/c1-4-26(5-2)14-15-27-21(18-8-6-7-9-19(18)25)20(23(29)24(27)30)22(28)17-12-10-16(3)11-13-17/h6-13,21,28H,4-5,14-15H2,1-3H3/p+1/t21-/m1/s1. The zero-order valence-corrected chi connectivity index (χ0v) is 17.6. The molecule has 1 heterocycles. The molecule has 3 rings (SSSR count). The number of ketones is 1. The number of carbonyl (C=O) groups is 2. The highest BCUT2D eigenvalue weighted by atomic mass is 19.1. The average Bonchev–Trinajstić information content (AvgIpc) is 2.99. The number of carbonyl (C=O) groups excluding carboxylic acids is 2. The lowest BCUT2D eigenvalue weighted by atomic mass is 9.94. The van der Waals surface area contributed by atoms with Gasteiger partial charge in [-0.2, -0.15) is 0 Å². The zero-order chi connectivity index (χ0) is 21.8. The minimum absolute atomic E-state index is 0.0662. The van der Waals surface area contributed by atoms with Gasteiger partial charge in [0.1, 0.15) is 11.6 Å². The summed E-state index contributed by atoms with van der Waals surface area (Å²) in [6.07, 6.45) is 0. The summed E-state index contributed by atoms with van der Waals surface area (Å²) < 4.78 is 14.7. The maximum Gasteiger partial charge on any atom is 0.295 e. The molecule has 1 aliphatic rings. The first kappa shape index (κ1) is 21.7. The molecule has 0 aromatic heterocycles. The minimum atomic E-state index is -0.956. The Kier molecular flexibility index (Phi) is 6.67. The van der Waals surface area contributed by atoms with Crippen LogP contribution in [0.25, 0.3) is 5.76 Å². The van der Waals surface area contributed by atoms with Gasteiger partial charge in [0, 0.05) is 11.1 Å². The highest BCUT2D eigenvalue weighted by molar-refractivity contribution is 6.46. The van der Waals surface area contributed by atoms with Crippen molar-refractivity contribution < 1.29 is 24.0 Å². The second kappa shape index (κ2) is 9.22. The Balaban J connectivity index is 2.11. The quantitative estimate of drug-likeness (QED) is 0.418. The van der Waals surface area contributed by atoms with E-state index in [-0.39, 0.29) is 16.9 Å². The van der Waals surface area contributed by atoms with Crippen molar-refractivity contribution in [2.45, 2.75) is 26.8 Å². The number of halogens is 1. The van der Waals surface area contributed by atoms with E-state index in [1.54, 1.807) is 30.3 Å². The van der Waals surface area contributed by atoms with Gasteiger partial charge in [0.2, 0.25) is 0 Å². The number of likely N-dealkylation sites (N-methyl/N-ethyl adjacent to an activating group) is 1. The molecule has 0 unspecified atom stereocenters. The van der Waals surface area contributed by atoms with E-state index in [0.29, 0.717) is 18.7 Å². The molecule has 0 radical (unpaired) electrons. The molecule has 1 amide bonds. The fraction of sp³-hybridized carbons (Fsp3) is 0.333. The highest BCUT2D eigenvalue weighted by Crippen LogP contribution is 2.39. The molecule has 0 spiro atoms. The van der Waals surface area contributed by atoms with Gasteiger partial charge in [-0.25, -0.2) is 4.39 Å². The van der Waals surface area contributed by atoms with Gasteiger partial charge in [0.05, 0.1) is 37.8 Å². The number of benzene rings is 2. The Bertz CT molecular complexity index is 965. The van der Waals surface area contributed by atoms with Crippen LogP contribution in [0.5, 0.6) is 0 Å². The van der Waals surface area contributed by atoms with Crippen LogP contribution in [-0.2, 0) is 9.59 Å². The van der Waals surface area contributed by atoms with Crippen molar-refractivity contribution in [2.75, 3.05) is 26.2 Å². The van der Waals surface area contributed by atoms with Crippen LogP contribution in [0.1, 0.15) is 36.6 Å². The Morgan fingerprint density at radius 1 is 1.07 bits per heavy atom. The number of hydrogen-bond donors (Lipinski definition) is 2. The van der Waals surface area contributed by atoms with E-state index in [1.165, 1.54) is 15.9 Å². The minimum Gasteiger partial charge on any atom is -0.507 e. The highest BCUT2D eigenvalue weighted by Gasteiger charge is 2.47. The maximum atomic E-state index is 14.7. The van der Waals surface area contributed by atoms with Crippen molar-refractivity contribution in [3.05, 3.63) is 76.6 Å². The first-order valence-electron chi connectivity index (χ1n) is 10.3. The molecular weight excluding hydrogens is 383 g/mol. The topological polar surface area (TPSA) is 62.0 Å². The van der Waals surface area contributed by atoms with Gasteiger partial charge in [-0.15, -0.1) is 0 Å². The predicted octanol–water partition coefficient (Wildman–Crippen LogP) is 2.48. The number of nitrogens with zero attached hydrogens (tertiary/aromatic N) is 1. The molecule has 6 heteroatoms. The Morgan fingerprint density at radius 3 is 2.30 bits per heavy atom. The van der Waals surface area contributed by atoms with E-state index in [1.807, 2.05) is 19.1 Å². The molecule has 2 N–H and O–H groups in total. The molecule has 1 saturated heterocycles. The summed E-state index contributed by atoms with van der Waals surface area (Å²) in [6.45, 7) is 8.72. The number of amides is 1. The number of aliphatic hydroxyl groups excluding tert-OH is 1. The summed E-state index contributed by atoms with van der Waals surface area (Å²) in [5.74, 6) is -2.28. The van der Waals surface area contributed by atoms with Crippen LogP contribution in [0.15, 0.2) is 54.1 Å². The number of nitrogens with one attached hydrogen (secondary N) is 1. The number of aryl methyl sites for hydroxylation is 1. The number of hydrogen-bond acceptors (Lipinski definition) is 3. The summed E-state index contributed by atoms with van der Waals surface area (Å²) in [5, 5.41) is 11.0. The summed E-state index contributed by atoms with van der Waals surface area (Å²) >= 11 is 0. The predicted molar refractivity (Wildman–Crippen MR) is 114 cm³/mol. The normalized spacial score (nSPS) is 18.4. The van der Waals surface area contributed by atoms with Crippen molar-refractivity contribution in [3.8, 4) is 0 Å². The van der Waals surface area contributed by atoms with Crippen molar-refractivity contribution in [1.29, 1.82) is 0 Å². The van der Waals surface area contributed by atoms with Crippen LogP contribution < -0.4 is 4.90 Å². The van der Waals surface area contributed by atoms with Crippen LogP contribution in [0.3, 0.4) is 0 Å². The Hall–Kier alpha value is -2.99. The molecular formula is C24H28FN2O3+. The van der Waals surface area contributed by atoms with Gasteiger partial charge in [0.25, 0.3) is 11.7 Å². The smallest absolute Gasteiger partial charge is 0.295 e. The van der Waals surface area contributed by atoms with Crippen molar-refractivity contribution in [1.82, 2.24) is 4.90 Å². The molecule has 1 fully saturated rings. The van der Waals surface area contributed by atoms with E-state index in [4.69, 9.17) is 0 Å². The van der Waals surface area contributed by atoms with Crippen molar-refractivity contribution >= 4 is 17.4 Å². The van der Waals surface area contributed by atoms with Gasteiger partial charge >= 0.3 is 0 Å². The van der Waals surface area contributed by atoms with Gasteiger partial charge in [-0.05, 0) is 26.8 Å². The molecule has 0 bridgehead atoms. The third kappa shape index (κ3) is 4.14. The molecule has 158 valence electrons. The maximum absolute atomic E-state index is 14.7. The third-order valence-electron chi connectivity index (χ3n) is 5.77. The number of likely N-dealkylation sites (tertiary alicyclic amines) is 1. The van der Waals surface area contributed by atoms with Crippen LogP contribution in [0.2, 0.25) is 0 Å². The van der Waals surface area contributed by atoms with Crippen LogP contribution in [0, 0.1) is 12.7 Å². The van der Waals surface area contributed by atoms with Crippen LogP contribution >= 0.6 is 0 Å². The van der Waals surface area contributed by atoms with Gasteiger partial charge in [0.15, 0.2) is 0 Å². The number of Topliss-reactive ketones (excluding diaryl/α,β-unsaturated/α-hetero) is 1. The molecule has 2 aromatic carbocycles. The molecule has 30 heavy (non-hydrogen) atoms. The van der Waals surface area contributed by atoms with Crippen molar-refractivity contribution in [3.63, 3.8) is 0 Å². The SMILES string of the molecule is CC[NH+](CC)CCN1C(=O)C(=O)C(=C(O)c2ccc(C)cc2)[C@H]1c1ccccc1F. The summed E-state index contributed by atoms with van der Waals surface area (Å²) in [5.41, 5.74) is 1.57. The molecule has 5 nitrogen and oxygen atoms in total. The molecule has 1 aliphatic heterocycles. The van der Waals surface area contributed by atoms with E-state index in [0.717, 1.165) is 18.7 Å². The first-order chi connectivity index (χ1) is 14.4. The first-order valence-corrected chi connectivity index (χ1v) is 10.3. The molecule has 0 saturated carbocycles. The Morgan fingerprint density at radius 2 is 1.70 bits per heavy atom. The summed E-state index contributed by atoms with van der Waals surface area (Å²) in [7, 11) is 0. The van der Waals surface area contributed by atoms with E-state index < -0.39 is 23.5 Å². The lowest BCUT2D eigenvalue weighted by molar-refractivity contribution is -0.895. The number of quaternary nitrogens is 1. The molecule has 0 aliphatic carbocycles. The van der Waals surface area contributed by atoms with Crippen LogP contribution in [-0.4, -0.2) is 47.9 Å². The third-order valence-corrected chi connectivity index (χ3v) is 5.77. The second-order valence-electron chi connectivity index (χ2n) is 7.59. The lowest BCUT2D eigenvalue weighted by Gasteiger charge is -2.27. The number of aliphatic hydroxyl groups is 1. The van der Waals surface area contributed by atoms with E-state index >= 15 is 0 Å². The van der Waals surface area contributed by atoms with Gasteiger partial charge < -0.3 is 14.9 Å². The van der Waals surface area contributed by atoms with Gasteiger partial charge in [-0.3, -0.25) is 9.59 Å². The fourth-order valence-corrected chi connectivity index (χ4v) is 3.88. The van der Waals surface area contributed by atoms with E-state index in [9.17, 15) is 19.1 Å². The summed E-state index contributed by atoms with van der Waals surface area (Å²) in [4.78, 5) is 28.5. The van der Waals surface area contributed by atoms with Gasteiger partial charge in [-0.1, -0.05) is 48.0 Å². The second-order valence-corrected chi connectivity index (χ2v) is 7.59. The summed E-state index contributed by atoms with van der Waals surface area (Å²) in [6, 6.07) is 12.1. The zero-order valence-electron chi connectivity index (χ0n) is 17.6. The van der Waals surface area contributed by atoms with Crippen molar-refractivity contribution in [2.24, 2.45) is 0 Å². The monoisotopic (exact) mass is 411 g/mol. The molecule has 1 atom stereocenters. The lowest BCUT2D eigenvalue weighted by Crippen LogP contribution is -3.12. The number of rotatable bonds is 7.